The summed E-state index contributed by atoms with van der Waals surface area (Å²) in [6.45, 7) is 1.67. The molecule has 1 aliphatic rings. The Hall–Kier alpha value is -1.94. The van der Waals surface area contributed by atoms with Crippen LogP contribution in [0.3, 0.4) is 0 Å². The third-order valence-corrected chi connectivity index (χ3v) is 4.10. The molecule has 1 aliphatic heterocycles. The van der Waals surface area contributed by atoms with Gasteiger partial charge in [0.25, 0.3) is 0 Å². The molecule has 2 atom stereocenters. The van der Waals surface area contributed by atoms with E-state index in [0.717, 1.165) is 11.1 Å². The van der Waals surface area contributed by atoms with Crippen molar-refractivity contribution in [1.29, 1.82) is 0 Å². The van der Waals surface area contributed by atoms with Crippen molar-refractivity contribution >= 4 is 17.4 Å². The molecule has 0 aromatic heterocycles. The van der Waals surface area contributed by atoms with Crippen LogP contribution in [0.1, 0.15) is 12.5 Å². The number of ether oxygens (including phenoxy) is 1. The fourth-order valence-electron chi connectivity index (χ4n) is 2.50. The number of hydrogen-bond acceptors (Lipinski definition) is 3. The molecule has 0 spiro atoms. The second kappa shape index (κ2) is 5.69. The monoisotopic (exact) mass is 314 g/mol. The minimum atomic E-state index is -1.16. The highest BCUT2D eigenvalue weighted by Gasteiger charge is 2.38. The number of carbonyl (C=O) groups excluding carboxylic acids is 1. The van der Waals surface area contributed by atoms with Gasteiger partial charge in [-0.2, -0.15) is 0 Å². The van der Waals surface area contributed by atoms with E-state index < -0.39 is 11.9 Å². The second-order valence-electron chi connectivity index (χ2n) is 5.35. The Morgan fingerprint density at radius 2 is 1.59 bits per heavy atom. The van der Waals surface area contributed by atoms with Gasteiger partial charge in [0.05, 0.1) is 0 Å². The van der Waals surface area contributed by atoms with Crippen molar-refractivity contribution in [1.82, 2.24) is 0 Å². The SMILES string of the molecule is C[C@]1(c2ccc(-c3ccc(Cl)cc3)cc2)O[C@@H](O)C=CC1=O. The molecule has 0 saturated heterocycles. The van der Waals surface area contributed by atoms with Gasteiger partial charge in [0.1, 0.15) is 0 Å². The summed E-state index contributed by atoms with van der Waals surface area (Å²) in [4.78, 5) is 12.1. The maximum Gasteiger partial charge on any atom is 0.191 e. The zero-order valence-electron chi connectivity index (χ0n) is 12.0. The fourth-order valence-corrected chi connectivity index (χ4v) is 2.63. The zero-order chi connectivity index (χ0) is 15.7. The molecular formula is C18H15ClO3. The molecule has 0 unspecified atom stereocenters. The van der Waals surface area contributed by atoms with Crippen LogP contribution in [-0.2, 0) is 15.1 Å². The Balaban J connectivity index is 1.93. The third-order valence-electron chi connectivity index (χ3n) is 3.85. The highest BCUT2D eigenvalue weighted by Crippen LogP contribution is 2.32. The number of hydrogen-bond donors (Lipinski definition) is 1. The molecule has 3 nitrogen and oxygen atoms in total. The Bertz CT molecular complexity index is 719. The van der Waals surface area contributed by atoms with Crippen LogP contribution in [-0.4, -0.2) is 17.2 Å². The standard InChI is InChI=1S/C18H15ClO3/c1-18(16(20)10-11-17(21)22-18)14-6-2-12(3-7-14)13-4-8-15(19)9-5-13/h2-11,17,21H,1H3/t17-,18-/m1/s1. The lowest BCUT2D eigenvalue weighted by Crippen LogP contribution is -2.40. The van der Waals surface area contributed by atoms with Crippen molar-refractivity contribution in [3.05, 3.63) is 71.3 Å². The molecule has 0 fully saturated rings. The van der Waals surface area contributed by atoms with Crippen LogP contribution in [0.4, 0.5) is 0 Å². The van der Waals surface area contributed by atoms with E-state index in [9.17, 15) is 9.90 Å². The van der Waals surface area contributed by atoms with Gasteiger partial charge in [-0.05, 0) is 47.9 Å². The molecule has 2 aromatic rings. The van der Waals surface area contributed by atoms with E-state index >= 15 is 0 Å². The smallest absolute Gasteiger partial charge is 0.191 e. The summed E-state index contributed by atoms with van der Waals surface area (Å²) in [6, 6.07) is 15.1. The zero-order valence-corrected chi connectivity index (χ0v) is 12.7. The molecule has 2 aromatic carbocycles. The number of aliphatic hydroxyl groups excluding tert-OH is 1. The van der Waals surface area contributed by atoms with E-state index in [0.29, 0.717) is 10.6 Å². The molecule has 1 N–H and O–H groups in total. The van der Waals surface area contributed by atoms with Gasteiger partial charge < -0.3 is 9.84 Å². The molecule has 0 saturated carbocycles. The first-order valence-corrected chi connectivity index (χ1v) is 7.32. The predicted molar refractivity (Wildman–Crippen MR) is 85.5 cm³/mol. The number of ketones is 1. The van der Waals surface area contributed by atoms with Gasteiger partial charge in [0.15, 0.2) is 17.7 Å². The first kappa shape index (κ1) is 15.0. The first-order valence-electron chi connectivity index (χ1n) is 6.94. The molecule has 0 bridgehead atoms. The average molecular weight is 315 g/mol. The molecule has 0 radical (unpaired) electrons. The minimum absolute atomic E-state index is 0.183. The maximum atomic E-state index is 12.1. The predicted octanol–water partition coefficient (Wildman–Crippen LogP) is 3.70. The van der Waals surface area contributed by atoms with Crippen LogP contribution in [0.25, 0.3) is 11.1 Å². The molecular weight excluding hydrogens is 300 g/mol. The van der Waals surface area contributed by atoms with E-state index in [1.165, 1.54) is 12.2 Å². The van der Waals surface area contributed by atoms with Gasteiger partial charge in [-0.1, -0.05) is 48.0 Å². The van der Waals surface area contributed by atoms with Crippen LogP contribution in [0.2, 0.25) is 5.02 Å². The summed E-state index contributed by atoms with van der Waals surface area (Å²) < 4.78 is 5.44. The summed E-state index contributed by atoms with van der Waals surface area (Å²) in [5.74, 6) is -0.183. The van der Waals surface area contributed by atoms with Crippen LogP contribution in [0.5, 0.6) is 0 Å². The lowest BCUT2D eigenvalue weighted by atomic mass is 9.88. The highest BCUT2D eigenvalue weighted by atomic mass is 35.5. The highest BCUT2D eigenvalue weighted by molar-refractivity contribution is 6.30. The van der Waals surface area contributed by atoms with Gasteiger partial charge in [0.2, 0.25) is 0 Å². The van der Waals surface area contributed by atoms with Crippen molar-refractivity contribution in [2.75, 3.05) is 0 Å². The van der Waals surface area contributed by atoms with Gasteiger partial charge in [-0.15, -0.1) is 0 Å². The van der Waals surface area contributed by atoms with E-state index in [2.05, 4.69) is 0 Å². The number of aliphatic hydroxyl groups is 1. The quantitative estimate of drug-likeness (QED) is 0.919. The number of carbonyl (C=O) groups is 1. The molecule has 3 rings (SSSR count). The van der Waals surface area contributed by atoms with Crippen LogP contribution in [0, 0.1) is 0 Å². The number of halogens is 1. The molecule has 0 amide bonds. The Morgan fingerprint density at radius 1 is 1.05 bits per heavy atom. The molecule has 1 heterocycles. The van der Waals surface area contributed by atoms with Crippen molar-refractivity contribution in [2.24, 2.45) is 0 Å². The Morgan fingerprint density at radius 3 is 2.18 bits per heavy atom. The largest absolute Gasteiger partial charge is 0.365 e. The Kier molecular flexibility index (Phi) is 3.87. The molecule has 112 valence electrons. The Labute approximate surface area is 133 Å². The second-order valence-corrected chi connectivity index (χ2v) is 5.79. The van der Waals surface area contributed by atoms with E-state index in [1.54, 1.807) is 6.92 Å². The average Bonchev–Trinajstić information content (AvgIpc) is 2.52. The normalized spacial score (nSPS) is 24.5. The van der Waals surface area contributed by atoms with Crippen molar-refractivity contribution in [3.63, 3.8) is 0 Å². The lowest BCUT2D eigenvalue weighted by molar-refractivity contribution is -0.177. The minimum Gasteiger partial charge on any atom is -0.365 e. The summed E-state index contributed by atoms with van der Waals surface area (Å²) in [5, 5.41) is 10.3. The van der Waals surface area contributed by atoms with Gasteiger partial charge in [-0.3, -0.25) is 4.79 Å². The van der Waals surface area contributed by atoms with Crippen LogP contribution in [0.15, 0.2) is 60.7 Å². The van der Waals surface area contributed by atoms with Crippen LogP contribution < -0.4 is 0 Å². The van der Waals surface area contributed by atoms with Crippen molar-refractivity contribution in [3.8, 4) is 11.1 Å². The van der Waals surface area contributed by atoms with E-state index in [1.807, 2.05) is 48.5 Å². The first-order chi connectivity index (χ1) is 10.5. The van der Waals surface area contributed by atoms with E-state index in [4.69, 9.17) is 16.3 Å². The molecule has 4 heteroatoms. The summed E-state index contributed by atoms with van der Waals surface area (Å²) in [6.07, 6.45) is 1.63. The summed E-state index contributed by atoms with van der Waals surface area (Å²) >= 11 is 5.89. The third kappa shape index (κ3) is 2.71. The van der Waals surface area contributed by atoms with Gasteiger partial charge in [0, 0.05) is 5.02 Å². The number of benzene rings is 2. The maximum absolute atomic E-state index is 12.1. The molecule has 0 aliphatic carbocycles. The lowest BCUT2D eigenvalue weighted by Gasteiger charge is -2.32. The van der Waals surface area contributed by atoms with Crippen molar-refractivity contribution in [2.45, 2.75) is 18.8 Å². The topological polar surface area (TPSA) is 46.5 Å². The van der Waals surface area contributed by atoms with Crippen molar-refractivity contribution < 1.29 is 14.6 Å². The molecule has 22 heavy (non-hydrogen) atoms. The summed E-state index contributed by atoms with van der Waals surface area (Å²) in [5.41, 5.74) is 1.60. The van der Waals surface area contributed by atoms with E-state index in [-0.39, 0.29) is 5.78 Å². The van der Waals surface area contributed by atoms with Gasteiger partial charge >= 0.3 is 0 Å². The number of rotatable bonds is 2. The fraction of sp³-hybridized carbons (Fsp3) is 0.167. The van der Waals surface area contributed by atoms with Gasteiger partial charge in [-0.25, -0.2) is 0 Å². The summed E-state index contributed by atoms with van der Waals surface area (Å²) in [7, 11) is 0. The van der Waals surface area contributed by atoms with Crippen LogP contribution >= 0.6 is 11.6 Å².